The van der Waals surface area contributed by atoms with Crippen molar-refractivity contribution >= 4 is 27.5 Å². The molecule has 0 aliphatic rings. The molecule has 3 rings (SSSR count). The zero-order chi connectivity index (χ0) is 30.7. The molecule has 0 aliphatic carbocycles. The molecule has 0 bridgehead atoms. The lowest BCUT2D eigenvalue weighted by atomic mass is 10.0. The van der Waals surface area contributed by atoms with Gasteiger partial charge in [0.2, 0.25) is 21.8 Å². The summed E-state index contributed by atoms with van der Waals surface area (Å²) in [5.41, 5.74) is 5.52. The van der Waals surface area contributed by atoms with Crippen LogP contribution < -0.4 is 9.62 Å². The second kappa shape index (κ2) is 15.5. The zero-order valence-corrected chi connectivity index (χ0v) is 26.4. The van der Waals surface area contributed by atoms with Crippen LogP contribution >= 0.6 is 0 Å². The van der Waals surface area contributed by atoms with E-state index in [0.717, 1.165) is 40.7 Å². The normalized spacial score (nSPS) is 12.0. The molecule has 1 unspecified atom stereocenters. The van der Waals surface area contributed by atoms with E-state index in [2.05, 4.69) is 12.2 Å². The maximum absolute atomic E-state index is 13.9. The molecule has 3 aromatic carbocycles. The summed E-state index contributed by atoms with van der Waals surface area (Å²) in [6.07, 6.45) is 3.81. The van der Waals surface area contributed by atoms with Gasteiger partial charge in [-0.25, -0.2) is 8.42 Å². The van der Waals surface area contributed by atoms with Crippen LogP contribution in [0.5, 0.6) is 0 Å². The number of nitrogens with one attached hydrogen (secondary N) is 1. The standard InChI is InChI=1S/C34H45N3O4S/c1-6-7-22-35-34(39)32(24-29-14-9-8-10-15-29)36(25-30-20-18-26(2)19-21-30)33(38)17-12-23-37(42(5,40)41)31-16-11-13-27(3)28(31)4/h8-11,13-16,18-21,32H,6-7,12,17,22-25H2,1-5H3,(H,35,39). The van der Waals surface area contributed by atoms with Crippen LogP contribution in [-0.2, 0) is 32.6 Å². The number of anilines is 1. The van der Waals surface area contributed by atoms with E-state index in [9.17, 15) is 18.0 Å². The molecular formula is C34H45N3O4S. The number of carbonyl (C=O) groups is 2. The topological polar surface area (TPSA) is 86.8 Å². The molecule has 0 aromatic heterocycles. The third-order valence-corrected chi connectivity index (χ3v) is 8.75. The van der Waals surface area contributed by atoms with E-state index < -0.39 is 16.1 Å². The van der Waals surface area contributed by atoms with E-state index in [0.29, 0.717) is 25.1 Å². The van der Waals surface area contributed by atoms with Gasteiger partial charge in [0.15, 0.2) is 0 Å². The van der Waals surface area contributed by atoms with Crippen molar-refractivity contribution in [3.63, 3.8) is 0 Å². The van der Waals surface area contributed by atoms with Crippen molar-refractivity contribution in [1.29, 1.82) is 0 Å². The van der Waals surface area contributed by atoms with Crippen LogP contribution in [0.25, 0.3) is 0 Å². The van der Waals surface area contributed by atoms with E-state index in [4.69, 9.17) is 0 Å². The minimum absolute atomic E-state index is 0.107. The molecule has 1 atom stereocenters. The molecule has 0 saturated carbocycles. The minimum atomic E-state index is -3.57. The molecule has 8 heteroatoms. The smallest absolute Gasteiger partial charge is 0.243 e. The summed E-state index contributed by atoms with van der Waals surface area (Å²) < 4.78 is 26.9. The first-order chi connectivity index (χ1) is 20.0. The fraction of sp³-hybridized carbons (Fsp3) is 0.412. The van der Waals surface area contributed by atoms with Gasteiger partial charge in [0, 0.05) is 32.5 Å². The molecule has 7 nitrogen and oxygen atoms in total. The van der Waals surface area contributed by atoms with Crippen LogP contribution in [0.2, 0.25) is 0 Å². The summed E-state index contributed by atoms with van der Waals surface area (Å²) in [5, 5.41) is 3.04. The van der Waals surface area contributed by atoms with E-state index in [-0.39, 0.29) is 31.3 Å². The van der Waals surface area contributed by atoms with Crippen molar-refractivity contribution in [3.8, 4) is 0 Å². The van der Waals surface area contributed by atoms with Gasteiger partial charge in [-0.2, -0.15) is 0 Å². The Bertz CT molecular complexity index is 1420. The molecule has 2 amide bonds. The van der Waals surface area contributed by atoms with Gasteiger partial charge in [0.05, 0.1) is 11.9 Å². The van der Waals surface area contributed by atoms with Gasteiger partial charge in [0.1, 0.15) is 6.04 Å². The maximum atomic E-state index is 13.9. The van der Waals surface area contributed by atoms with E-state index >= 15 is 0 Å². The van der Waals surface area contributed by atoms with Gasteiger partial charge in [-0.1, -0.05) is 85.6 Å². The van der Waals surface area contributed by atoms with Crippen molar-refractivity contribution in [2.75, 3.05) is 23.7 Å². The van der Waals surface area contributed by atoms with Crippen molar-refractivity contribution in [2.45, 2.75) is 72.4 Å². The molecule has 0 heterocycles. The van der Waals surface area contributed by atoms with Crippen LogP contribution in [0.3, 0.4) is 0 Å². The van der Waals surface area contributed by atoms with Gasteiger partial charge in [-0.3, -0.25) is 13.9 Å². The monoisotopic (exact) mass is 591 g/mol. The van der Waals surface area contributed by atoms with Crippen molar-refractivity contribution in [1.82, 2.24) is 10.2 Å². The van der Waals surface area contributed by atoms with Gasteiger partial charge in [0.25, 0.3) is 0 Å². The highest BCUT2D eigenvalue weighted by molar-refractivity contribution is 7.92. The third kappa shape index (κ3) is 9.44. The highest BCUT2D eigenvalue weighted by Gasteiger charge is 2.30. The summed E-state index contributed by atoms with van der Waals surface area (Å²) in [7, 11) is -3.57. The molecule has 3 aromatic rings. The highest BCUT2D eigenvalue weighted by atomic mass is 32.2. The van der Waals surface area contributed by atoms with E-state index in [1.807, 2.05) is 87.5 Å². The van der Waals surface area contributed by atoms with E-state index in [1.54, 1.807) is 11.0 Å². The number of sulfonamides is 1. The Labute approximate surface area is 252 Å². The quantitative estimate of drug-likeness (QED) is 0.229. The van der Waals surface area contributed by atoms with Gasteiger partial charge in [-0.05, 0) is 61.9 Å². The van der Waals surface area contributed by atoms with Crippen LogP contribution in [0.15, 0.2) is 72.8 Å². The molecule has 0 saturated heterocycles. The predicted molar refractivity (Wildman–Crippen MR) is 171 cm³/mol. The number of hydrogen-bond acceptors (Lipinski definition) is 4. The third-order valence-electron chi connectivity index (χ3n) is 7.57. The maximum Gasteiger partial charge on any atom is 0.243 e. The lowest BCUT2D eigenvalue weighted by Gasteiger charge is -2.32. The molecule has 0 aliphatic heterocycles. The van der Waals surface area contributed by atoms with Crippen molar-refractivity contribution < 1.29 is 18.0 Å². The molecule has 0 fully saturated rings. The number of carbonyl (C=O) groups excluding carboxylic acids is 2. The largest absolute Gasteiger partial charge is 0.354 e. The van der Waals surface area contributed by atoms with Crippen LogP contribution in [0.1, 0.15) is 60.4 Å². The van der Waals surface area contributed by atoms with Crippen LogP contribution in [0.4, 0.5) is 5.69 Å². The molecule has 42 heavy (non-hydrogen) atoms. The van der Waals surface area contributed by atoms with E-state index in [1.165, 1.54) is 10.6 Å². The molecule has 226 valence electrons. The summed E-state index contributed by atoms with van der Waals surface area (Å²) in [6, 6.07) is 22.6. The second-order valence-corrected chi connectivity index (χ2v) is 12.9. The zero-order valence-electron chi connectivity index (χ0n) is 25.6. The van der Waals surface area contributed by atoms with Crippen LogP contribution in [0, 0.1) is 20.8 Å². The summed E-state index contributed by atoms with van der Waals surface area (Å²) in [5.74, 6) is -0.363. The highest BCUT2D eigenvalue weighted by Crippen LogP contribution is 2.26. The molecule has 0 radical (unpaired) electrons. The Balaban J connectivity index is 1.88. The number of amides is 2. The average molecular weight is 592 g/mol. The number of unbranched alkanes of at least 4 members (excludes halogenated alkanes) is 1. The summed E-state index contributed by atoms with van der Waals surface area (Å²) in [4.78, 5) is 29.2. The van der Waals surface area contributed by atoms with Crippen LogP contribution in [-0.4, -0.2) is 50.5 Å². The van der Waals surface area contributed by atoms with Gasteiger partial charge >= 0.3 is 0 Å². The Morgan fingerprint density at radius 2 is 1.55 bits per heavy atom. The fourth-order valence-electron chi connectivity index (χ4n) is 4.94. The summed E-state index contributed by atoms with van der Waals surface area (Å²) in [6.45, 7) is 8.93. The average Bonchev–Trinajstić information content (AvgIpc) is 2.95. The lowest BCUT2D eigenvalue weighted by Crippen LogP contribution is -2.50. The Kier molecular flexibility index (Phi) is 12.2. The first-order valence-corrected chi connectivity index (χ1v) is 16.6. The molecular weight excluding hydrogens is 546 g/mol. The fourth-order valence-corrected chi connectivity index (χ4v) is 5.95. The number of nitrogens with zero attached hydrogens (tertiary/aromatic N) is 2. The Hall–Kier alpha value is -3.65. The lowest BCUT2D eigenvalue weighted by molar-refractivity contribution is -0.141. The molecule has 0 spiro atoms. The SMILES string of the molecule is CCCCNC(=O)C(Cc1ccccc1)N(Cc1ccc(C)cc1)C(=O)CCCN(c1cccc(C)c1C)S(C)(=O)=O. The number of rotatable bonds is 15. The number of benzene rings is 3. The Morgan fingerprint density at radius 3 is 2.19 bits per heavy atom. The molecule has 1 N–H and O–H groups in total. The second-order valence-electron chi connectivity index (χ2n) is 11.0. The van der Waals surface area contributed by atoms with Gasteiger partial charge < -0.3 is 10.2 Å². The number of aryl methyl sites for hydroxylation is 2. The number of hydrogen-bond donors (Lipinski definition) is 1. The Morgan fingerprint density at radius 1 is 0.857 bits per heavy atom. The minimum Gasteiger partial charge on any atom is -0.354 e. The van der Waals surface area contributed by atoms with Crippen molar-refractivity contribution in [2.24, 2.45) is 0 Å². The first-order valence-electron chi connectivity index (χ1n) is 14.7. The van der Waals surface area contributed by atoms with Gasteiger partial charge in [-0.15, -0.1) is 0 Å². The predicted octanol–water partition coefficient (Wildman–Crippen LogP) is 5.71. The first kappa shape index (κ1) is 32.9. The summed E-state index contributed by atoms with van der Waals surface area (Å²) >= 11 is 0. The van der Waals surface area contributed by atoms with Crippen molar-refractivity contribution in [3.05, 3.63) is 101 Å².